The number of rotatable bonds is 3. The normalized spacial score (nSPS) is 10.4. The Morgan fingerprint density at radius 3 is 2.79 bits per heavy atom. The van der Waals surface area contributed by atoms with Gasteiger partial charge in [0.1, 0.15) is 11.6 Å². The van der Waals surface area contributed by atoms with Gasteiger partial charge in [-0.1, -0.05) is 23.7 Å². The molecule has 2 N–H and O–H groups in total. The standard InChI is InChI=1S/C13H11ClN2O3/c1-7(17)5-10-12(18)15-11(16-13(10)19)8-3-2-4-9(14)6-8/h2-4,6H,5H2,1H3,(H2,15,16,18,19). The van der Waals surface area contributed by atoms with Crippen molar-refractivity contribution in [2.75, 3.05) is 0 Å². The molecule has 2 rings (SSSR count). The zero-order valence-corrected chi connectivity index (χ0v) is 10.9. The number of aromatic nitrogens is 2. The summed E-state index contributed by atoms with van der Waals surface area (Å²) in [5, 5.41) is 10.2. The average molecular weight is 279 g/mol. The number of hydrogen-bond acceptors (Lipinski definition) is 4. The lowest BCUT2D eigenvalue weighted by Gasteiger charge is -2.05. The Hall–Kier alpha value is -2.14. The molecular weight excluding hydrogens is 268 g/mol. The lowest BCUT2D eigenvalue weighted by molar-refractivity contribution is -0.116. The molecule has 2 aromatic rings. The molecule has 1 aromatic heterocycles. The van der Waals surface area contributed by atoms with Gasteiger partial charge in [-0.2, -0.15) is 4.98 Å². The summed E-state index contributed by atoms with van der Waals surface area (Å²) in [6, 6.07) is 6.71. The third-order valence-corrected chi connectivity index (χ3v) is 2.75. The Labute approximate surface area is 113 Å². The van der Waals surface area contributed by atoms with E-state index in [4.69, 9.17) is 11.6 Å². The van der Waals surface area contributed by atoms with Gasteiger partial charge in [0.15, 0.2) is 0 Å². The maximum absolute atomic E-state index is 11.8. The minimum absolute atomic E-state index is 0.0294. The Kier molecular flexibility index (Phi) is 3.66. The van der Waals surface area contributed by atoms with Crippen molar-refractivity contribution in [1.82, 2.24) is 9.97 Å². The van der Waals surface area contributed by atoms with E-state index >= 15 is 0 Å². The molecule has 0 bridgehead atoms. The molecule has 0 aliphatic rings. The molecule has 1 heterocycles. The molecule has 0 amide bonds. The fourth-order valence-electron chi connectivity index (χ4n) is 1.67. The molecular formula is C13H11ClN2O3. The van der Waals surface area contributed by atoms with Gasteiger partial charge in [-0.25, -0.2) is 0 Å². The number of hydrogen-bond donors (Lipinski definition) is 2. The minimum Gasteiger partial charge on any atom is -0.493 e. The molecule has 0 spiro atoms. The Balaban J connectivity index is 2.51. The maximum atomic E-state index is 11.8. The molecule has 0 fully saturated rings. The van der Waals surface area contributed by atoms with Crippen LogP contribution >= 0.6 is 11.6 Å². The third-order valence-electron chi connectivity index (χ3n) is 2.52. The number of benzene rings is 1. The summed E-state index contributed by atoms with van der Waals surface area (Å²) in [7, 11) is 0. The van der Waals surface area contributed by atoms with Crippen molar-refractivity contribution in [1.29, 1.82) is 0 Å². The van der Waals surface area contributed by atoms with Crippen molar-refractivity contribution in [2.24, 2.45) is 0 Å². The first kappa shape index (κ1) is 13.3. The molecule has 1 aromatic carbocycles. The molecule has 6 heteroatoms. The number of ketones is 1. The maximum Gasteiger partial charge on any atom is 0.258 e. The minimum atomic E-state index is -0.530. The van der Waals surface area contributed by atoms with Crippen LogP contribution in [0, 0.1) is 0 Å². The van der Waals surface area contributed by atoms with Crippen LogP contribution in [0.3, 0.4) is 0 Å². The van der Waals surface area contributed by atoms with E-state index in [1.807, 2.05) is 0 Å². The van der Waals surface area contributed by atoms with Gasteiger partial charge in [-0.3, -0.25) is 9.59 Å². The van der Waals surface area contributed by atoms with Gasteiger partial charge >= 0.3 is 0 Å². The first-order chi connectivity index (χ1) is 8.97. The Bertz CT molecular complexity index is 695. The van der Waals surface area contributed by atoms with Crippen molar-refractivity contribution in [2.45, 2.75) is 13.3 Å². The molecule has 98 valence electrons. The Morgan fingerprint density at radius 1 is 1.47 bits per heavy atom. The lowest BCUT2D eigenvalue weighted by Crippen LogP contribution is -2.17. The Morgan fingerprint density at radius 2 is 2.21 bits per heavy atom. The number of H-pyrrole nitrogens is 1. The van der Waals surface area contributed by atoms with Gasteiger partial charge in [0.2, 0.25) is 5.88 Å². The summed E-state index contributed by atoms with van der Waals surface area (Å²) < 4.78 is 0. The molecule has 0 saturated carbocycles. The van der Waals surface area contributed by atoms with Crippen LogP contribution in [0.15, 0.2) is 29.1 Å². The first-order valence-electron chi connectivity index (χ1n) is 5.55. The average Bonchev–Trinajstić information content (AvgIpc) is 2.33. The van der Waals surface area contributed by atoms with Gasteiger partial charge in [0.05, 0.1) is 5.56 Å². The van der Waals surface area contributed by atoms with Crippen LogP contribution < -0.4 is 5.56 Å². The van der Waals surface area contributed by atoms with Crippen molar-refractivity contribution >= 4 is 17.4 Å². The zero-order chi connectivity index (χ0) is 14.0. The summed E-state index contributed by atoms with van der Waals surface area (Å²) in [6.45, 7) is 1.34. The van der Waals surface area contributed by atoms with Crippen LogP contribution in [-0.4, -0.2) is 20.9 Å². The van der Waals surface area contributed by atoms with Crippen molar-refractivity contribution < 1.29 is 9.90 Å². The highest BCUT2D eigenvalue weighted by Gasteiger charge is 2.13. The van der Waals surface area contributed by atoms with Gasteiger partial charge < -0.3 is 10.1 Å². The van der Waals surface area contributed by atoms with Gasteiger partial charge in [-0.05, 0) is 19.1 Å². The van der Waals surface area contributed by atoms with Crippen LogP contribution in [0.5, 0.6) is 5.88 Å². The van der Waals surface area contributed by atoms with Gasteiger partial charge in [0.25, 0.3) is 5.56 Å². The van der Waals surface area contributed by atoms with E-state index < -0.39 is 11.4 Å². The second-order valence-corrected chi connectivity index (χ2v) is 4.54. The first-order valence-corrected chi connectivity index (χ1v) is 5.92. The third kappa shape index (κ3) is 3.00. The molecule has 19 heavy (non-hydrogen) atoms. The van der Waals surface area contributed by atoms with Crippen LogP contribution in [-0.2, 0) is 11.2 Å². The van der Waals surface area contributed by atoms with Gasteiger partial charge in [-0.15, -0.1) is 0 Å². The van der Waals surface area contributed by atoms with Crippen molar-refractivity contribution in [3.8, 4) is 17.3 Å². The molecule has 0 saturated heterocycles. The summed E-state index contributed by atoms with van der Waals surface area (Å²) >= 11 is 5.85. The van der Waals surface area contributed by atoms with Crippen molar-refractivity contribution in [3.05, 3.63) is 45.2 Å². The molecule has 0 radical (unpaired) electrons. The monoisotopic (exact) mass is 278 g/mol. The number of Topliss-reactive ketones (excluding diaryl/α,β-unsaturated/α-hetero) is 1. The van der Waals surface area contributed by atoms with Crippen LogP contribution in [0.4, 0.5) is 0 Å². The van der Waals surface area contributed by atoms with Crippen molar-refractivity contribution in [3.63, 3.8) is 0 Å². The van der Waals surface area contributed by atoms with Gasteiger partial charge in [0, 0.05) is 17.0 Å². The highest BCUT2D eigenvalue weighted by atomic mass is 35.5. The molecule has 5 nitrogen and oxygen atoms in total. The number of aromatic amines is 1. The van der Waals surface area contributed by atoms with E-state index in [0.29, 0.717) is 10.6 Å². The molecule has 0 aliphatic heterocycles. The van der Waals surface area contributed by atoms with E-state index in [0.717, 1.165) is 0 Å². The van der Waals surface area contributed by atoms with E-state index in [1.54, 1.807) is 24.3 Å². The lowest BCUT2D eigenvalue weighted by atomic mass is 10.1. The van der Waals surface area contributed by atoms with E-state index in [1.165, 1.54) is 6.92 Å². The van der Waals surface area contributed by atoms with Crippen LogP contribution in [0.2, 0.25) is 5.02 Å². The zero-order valence-electron chi connectivity index (χ0n) is 10.1. The summed E-state index contributed by atoms with van der Waals surface area (Å²) in [5.41, 5.74) is 0.0187. The predicted molar refractivity (Wildman–Crippen MR) is 71.4 cm³/mol. The highest BCUT2D eigenvalue weighted by molar-refractivity contribution is 6.30. The number of carbonyl (C=O) groups is 1. The summed E-state index contributed by atoms with van der Waals surface area (Å²) in [5.74, 6) is -0.454. The number of halogens is 1. The molecule has 0 atom stereocenters. The number of nitrogens with one attached hydrogen (secondary N) is 1. The topological polar surface area (TPSA) is 83.0 Å². The fourth-order valence-corrected chi connectivity index (χ4v) is 1.86. The smallest absolute Gasteiger partial charge is 0.258 e. The molecule has 0 unspecified atom stereocenters. The number of nitrogens with zero attached hydrogens (tertiary/aromatic N) is 1. The molecule has 0 aliphatic carbocycles. The summed E-state index contributed by atoms with van der Waals surface area (Å²) in [4.78, 5) is 29.2. The van der Waals surface area contributed by atoms with Crippen LogP contribution in [0.1, 0.15) is 12.5 Å². The second-order valence-electron chi connectivity index (χ2n) is 4.11. The van der Waals surface area contributed by atoms with E-state index in [-0.39, 0.29) is 23.6 Å². The van der Waals surface area contributed by atoms with Crippen LogP contribution in [0.25, 0.3) is 11.4 Å². The van der Waals surface area contributed by atoms with E-state index in [9.17, 15) is 14.7 Å². The second kappa shape index (κ2) is 5.24. The summed E-state index contributed by atoms with van der Waals surface area (Å²) in [6.07, 6.45) is -0.149. The SMILES string of the molecule is CC(=O)Cc1c(O)nc(-c2cccc(Cl)c2)[nH]c1=O. The predicted octanol–water partition coefficient (Wildman–Crippen LogP) is 1.93. The number of aromatic hydroxyl groups is 1. The highest BCUT2D eigenvalue weighted by Crippen LogP contribution is 2.21. The fraction of sp³-hybridized carbons (Fsp3) is 0.154. The quantitative estimate of drug-likeness (QED) is 0.898. The largest absolute Gasteiger partial charge is 0.493 e. The van der Waals surface area contributed by atoms with E-state index in [2.05, 4.69) is 9.97 Å². The number of carbonyl (C=O) groups excluding carboxylic acids is 1.